The van der Waals surface area contributed by atoms with E-state index in [-0.39, 0.29) is 0 Å². The van der Waals surface area contributed by atoms with E-state index in [0.717, 1.165) is 27.8 Å². The molecule has 2 aromatic carbocycles. The molecular formula is C26H27N5O3. The first-order valence-corrected chi connectivity index (χ1v) is 10.9. The molecule has 0 aliphatic rings. The Labute approximate surface area is 198 Å². The number of amides is 1. The van der Waals surface area contributed by atoms with Crippen LogP contribution in [0.25, 0.3) is 33.4 Å². The van der Waals surface area contributed by atoms with Crippen LogP contribution < -0.4 is 4.74 Å². The van der Waals surface area contributed by atoms with Crippen LogP contribution in [0.2, 0.25) is 0 Å². The van der Waals surface area contributed by atoms with Crippen molar-refractivity contribution in [2.24, 2.45) is 0 Å². The van der Waals surface area contributed by atoms with E-state index >= 15 is 0 Å². The molecule has 1 amide bonds. The molecule has 8 heteroatoms. The molecule has 2 aromatic heterocycles. The number of methoxy groups -OCH3 is 1. The minimum absolute atomic E-state index is 0.344. The molecule has 4 aromatic rings. The lowest BCUT2D eigenvalue weighted by Crippen LogP contribution is -2.37. The Morgan fingerprint density at radius 1 is 0.971 bits per heavy atom. The van der Waals surface area contributed by atoms with E-state index in [4.69, 9.17) is 4.74 Å². The Hall–Kier alpha value is -4.04. The van der Waals surface area contributed by atoms with Crippen molar-refractivity contribution in [3.05, 3.63) is 66.4 Å². The van der Waals surface area contributed by atoms with Crippen LogP contribution in [0.4, 0.5) is 0 Å². The Morgan fingerprint density at radius 2 is 1.76 bits per heavy atom. The molecule has 1 N–H and O–H groups in total. The van der Waals surface area contributed by atoms with Crippen molar-refractivity contribution in [2.45, 2.75) is 0 Å². The summed E-state index contributed by atoms with van der Waals surface area (Å²) >= 11 is 0. The minimum Gasteiger partial charge on any atom is -0.496 e. The third-order valence-electron chi connectivity index (χ3n) is 5.66. The zero-order valence-electron chi connectivity index (χ0n) is 19.7. The summed E-state index contributed by atoms with van der Waals surface area (Å²) < 4.78 is 5.50. The van der Waals surface area contributed by atoms with Gasteiger partial charge in [0.2, 0.25) is 5.78 Å². The first-order valence-electron chi connectivity index (χ1n) is 10.9. The number of Topliss-reactive ketones (excluding diaryl/α,β-unsaturated/α-hetero) is 1. The largest absolute Gasteiger partial charge is 0.496 e. The quantitative estimate of drug-likeness (QED) is 0.322. The van der Waals surface area contributed by atoms with Gasteiger partial charge < -0.3 is 14.5 Å². The minimum atomic E-state index is -0.532. The average Bonchev–Trinajstić information content (AvgIpc) is 3.29. The number of aromatic nitrogens is 3. The van der Waals surface area contributed by atoms with Crippen LogP contribution in [0.3, 0.4) is 0 Å². The van der Waals surface area contributed by atoms with Gasteiger partial charge in [0.25, 0.3) is 5.91 Å². The van der Waals surface area contributed by atoms with E-state index in [2.05, 4.69) is 15.2 Å². The lowest BCUT2D eigenvalue weighted by atomic mass is 10.0. The number of hydrogen-bond donors (Lipinski definition) is 1. The highest BCUT2D eigenvalue weighted by Gasteiger charge is 2.21. The molecule has 4 rings (SSSR count). The molecule has 2 heterocycles. The van der Waals surface area contributed by atoms with Crippen LogP contribution in [0.5, 0.6) is 5.75 Å². The fourth-order valence-corrected chi connectivity index (χ4v) is 3.70. The second-order valence-electron chi connectivity index (χ2n) is 8.33. The lowest BCUT2D eigenvalue weighted by Gasteiger charge is -2.19. The number of para-hydroxylation sites is 1. The molecular weight excluding hydrogens is 430 g/mol. The van der Waals surface area contributed by atoms with Crippen molar-refractivity contribution >= 4 is 22.7 Å². The van der Waals surface area contributed by atoms with Gasteiger partial charge in [-0.3, -0.25) is 14.7 Å². The summed E-state index contributed by atoms with van der Waals surface area (Å²) in [6.45, 7) is 1.16. The zero-order chi connectivity index (χ0) is 24.2. The predicted octanol–water partition coefficient (Wildman–Crippen LogP) is 3.50. The van der Waals surface area contributed by atoms with Gasteiger partial charge in [-0.2, -0.15) is 5.10 Å². The number of aromatic amines is 1. The number of likely N-dealkylation sites (N-methyl/N-ethyl adjacent to an activating group) is 2. The Kier molecular flexibility index (Phi) is 6.70. The normalized spacial score (nSPS) is 11.1. The highest BCUT2D eigenvalue weighted by molar-refractivity contribution is 6.42. The second-order valence-corrected chi connectivity index (χ2v) is 8.33. The standard InChI is InChI=1S/C26H27N5O3/c1-30(2)12-13-31(3)26(33)24(32)18-9-7-8-17(14-18)19-15-21-23(28-29-25(21)27-16-19)20-10-5-6-11-22(20)34-4/h5-11,14-16H,12-13H2,1-4H3,(H,27,28,29). The molecule has 0 fully saturated rings. The monoisotopic (exact) mass is 457 g/mol. The maximum Gasteiger partial charge on any atom is 0.294 e. The van der Waals surface area contributed by atoms with E-state index in [1.54, 1.807) is 38.6 Å². The van der Waals surface area contributed by atoms with E-state index < -0.39 is 11.7 Å². The Balaban J connectivity index is 1.66. The summed E-state index contributed by atoms with van der Waals surface area (Å²) in [5, 5.41) is 8.25. The van der Waals surface area contributed by atoms with E-state index in [9.17, 15) is 9.59 Å². The van der Waals surface area contributed by atoms with Gasteiger partial charge in [0.05, 0.1) is 7.11 Å². The molecule has 0 bridgehead atoms. The van der Waals surface area contributed by atoms with Gasteiger partial charge in [0.1, 0.15) is 11.4 Å². The van der Waals surface area contributed by atoms with E-state index in [1.807, 2.05) is 55.4 Å². The molecule has 0 unspecified atom stereocenters. The fraction of sp³-hybridized carbons (Fsp3) is 0.231. The van der Waals surface area contributed by atoms with Gasteiger partial charge in [0.15, 0.2) is 5.65 Å². The van der Waals surface area contributed by atoms with Gasteiger partial charge in [-0.05, 0) is 43.9 Å². The summed E-state index contributed by atoms with van der Waals surface area (Å²) in [4.78, 5) is 33.4. The molecule has 0 aliphatic carbocycles. The van der Waals surface area contributed by atoms with E-state index in [0.29, 0.717) is 30.0 Å². The smallest absolute Gasteiger partial charge is 0.294 e. The van der Waals surface area contributed by atoms with Crippen molar-refractivity contribution in [1.29, 1.82) is 0 Å². The van der Waals surface area contributed by atoms with Crippen molar-refractivity contribution < 1.29 is 14.3 Å². The molecule has 0 spiro atoms. The lowest BCUT2D eigenvalue weighted by molar-refractivity contribution is -0.125. The molecule has 0 saturated carbocycles. The van der Waals surface area contributed by atoms with Crippen molar-refractivity contribution in [2.75, 3.05) is 41.3 Å². The summed E-state index contributed by atoms with van der Waals surface area (Å²) in [5.74, 6) is -0.346. The number of nitrogens with zero attached hydrogens (tertiary/aromatic N) is 4. The maximum absolute atomic E-state index is 12.8. The van der Waals surface area contributed by atoms with Gasteiger partial charge >= 0.3 is 0 Å². The fourth-order valence-electron chi connectivity index (χ4n) is 3.70. The third kappa shape index (κ3) is 4.67. The highest BCUT2D eigenvalue weighted by atomic mass is 16.5. The number of fused-ring (bicyclic) bond motifs is 1. The SMILES string of the molecule is COc1ccccc1-c1n[nH]c2ncc(-c3cccc(C(=O)C(=O)N(C)CCN(C)C)c3)cc12. The summed E-state index contributed by atoms with van der Waals surface area (Å²) in [6, 6.07) is 16.7. The number of nitrogens with one attached hydrogen (secondary N) is 1. The molecule has 0 aliphatic heterocycles. The molecule has 0 saturated heterocycles. The van der Waals surface area contributed by atoms with Crippen LogP contribution in [-0.2, 0) is 4.79 Å². The number of benzene rings is 2. The van der Waals surface area contributed by atoms with Crippen LogP contribution in [0, 0.1) is 0 Å². The molecule has 34 heavy (non-hydrogen) atoms. The van der Waals surface area contributed by atoms with Gasteiger partial charge in [-0.25, -0.2) is 4.98 Å². The Bertz CT molecular complexity index is 1350. The number of pyridine rings is 1. The second kappa shape index (κ2) is 9.84. The summed E-state index contributed by atoms with van der Waals surface area (Å²) in [5.41, 5.74) is 4.17. The number of carbonyl (C=O) groups is 2. The predicted molar refractivity (Wildman–Crippen MR) is 132 cm³/mol. The zero-order valence-corrected chi connectivity index (χ0v) is 19.7. The van der Waals surface area contributed by atoms with Gasteiger partial charge in [-0.1, -0.05) is 30.3 Å². The van der Waals surface area contributed by atoms with Gasteiger partial charge in [0, 0.05) is 48.4 Å². The van der Waals surface area contributed by atoms with Crippen LogP contribution >= 0.6 is 0 Å². The number of carbonyl (C=O) groups excluding carboxylic acids is 2. The first kappa shape index (κ1) is 23.1. The molecule has 174 valence electrons. The van der Waals surface area contributed by atoms with Crippen LogP contribution in [0.1, 0.15) is 10.4 Å². The number of ether oxygens (including phenoxy) is 1. The number of H-pyrrole nitrogens is 1. The number of rotatable bonds is 8. The number of hydrogen-bond acceptors (Lipinski definition) is 6. The molecule has 0 atom stereocenters. The highest BCUT2D eigenvalue weighted by Crippen LogP contribution is 2.34. The average molecular weight is 458 g/mol. The molecule has 0 radical (unpaired) electrons. The van der Waals surface area contributed by atoms with Crippen LogP contribution in [-0.4, -0.2) is 78.0 Å². The topological polar surface area (TPSA) is 91.4 Å². The van der Waals surface area contributed by atoms with Gasteiger partial charge in [-0.15, -0.1) is 0 Å². The van der Waals surface area contributed by atoms with Crippen molar-refractivity contribution in [1.82, 2.24) is 25.0 Å². The molecule has 8 nitrogen and oxygen atoms in total. The van der Waals surface area contributed by atoms with Crippen LogP contribution in [0.15, 0.2) is 60.8 Å². The maximum atomic E-state index is 12.8. The van der Waals surface area contributed by atoms with Crippen molar-refractivity contribution in [3.8, 4) is 28.1 Å². The van der Waals surface area contributed by atoms with Crippen molar-refractivity contribution in [3.63, 3.8) is 0 Å². The summed E-state index contributed by atoms with van der Waals surface area (Å²) in [7, 11) is 7.12. The van der Waals surface area contributed by atoms with E-state index in [1.165, 1.54) is 4.90 Å². The Morgan fingerprint density at radius 3 is 2.53 bits per heavy atom. The third-order valence-corrected chi connectivity index (χ3v) is 5.66. The number of ketones is 1. The first-order chi connectivity index (χ1) is 16.4. The summed E-state index contributed by atoms with van der Waals surface area (Å²) in [6.07, 6.45) is 1.72.